The van der Waals surface area contributed by atoms with E-state index in [0.717, 1.165) is 55.1 Å². The number of ether oxygens (including phenoxy) is 2. The van der Waals surface area contributed by atoms with Crippen molar-refractivity contribution in [2.24, 2.45) is 0 Å². The zero-order valence-electron chi connectivity index (χ0n) is 17.0. The molecule has 1 aliphatic rings. The molecular weight excluding hydrogens is 388 g/mol. The highest BCUT2D eigenvalue weighted by molar-refractivity contribution is 6.30. The van der Waals surface area contributed by atoms with Crippen molar-refractivity contribution in [2.45, 2.75) is 39.3 Å². The lowest BCUT2D eigenvalue weighted by atomic mass is 10.1. The molecule has 6 heteroatoms. The van der Waals surface area contributed by atoms with Crippen LogP contribution in [-0.2, 0) is 17.9 Å². The summed E-state index contributed by atoms with van der Waals surface area (Å²) < 4.78 is 11.9. The van der Waals surface area contributed by atoms with Crippen LogP contribution in [0.5, 0.6) is 11.5 Å². The summed E-state index contributed by atoms with van der Waals surface area (Å²) in [4.78, 5) is 13.6. The van der Waals surface area contributed by atoms with Crippen molar-refractivity contribution >= 4 is 17.5 Å². The van der Waals surface area contributed by atoms with Gasteiger partial charge in [-0.25, -0.2) is 0 Å². The normalized spacial score (nSPS) is 13.7. The van der Waals surface area contributed by atoms with E-state index in [1.165, 1.54) is 0 Å². The summed E-state index contributed by atoms with van der Waals surface area (Å²) in [7, 11) is 0. The Bertz CT molecular complexity index is 795. The molecule has 0 atom stereocenters. The molecule has 1 N–H and O–H groups in total. The van der Waals surface area contributed by atoms with E-state index in [2.05, 4.69) is 11.4 Å². The standard InChI is InChI=1S/C23H29ClN2O3/c1-2-28-21-7-3-6-19(16-25-13-5-15-26-14-4-8-22(26)27)23(21)29-17-18-9-11-20(24)12-10-18/h3,6-7,9-12,25H,2,4-5,8,13-17H2,1H3. The van der Waals surface area contributed by atoms with Crippen LogP contribution in [0.3, 0.4) is 0 Å². The third-order valence-electron chi connectivity index (χ3n) is 4.93. The van der Waals surface area contributed by atoms with Crippen LogP contribution >= 0.6 is 11.6 Å². The number of para-hydroxylation sites is 1. The van der Waals surface area contributed by atoms with Crippen molar-refractivity contribution in [3.63, 3.8) is 0 Å². The van der Waals surface area contributed by atoms with Gasteiger partial charge < -0.3 is 19.7 Å². The molecule has 1 amide bonds. The molecule has 2 aromatic rings. The zero-order valence-corrected chi connectivity index (χ0v) is 17.7. The molecule has 0 radical (unpaired) electrons. The number of rotatable bonds is 11. The molecule has 29 heavy (non-hydrogen) atoms. The highest BCUT2D eigenvalue weighted by atomic mass is 35.5. The van der Waals surface area contributed by atoms with Crippen molar-refractivity contribution in [1.29, 1.82) is 0 Å². The lowest BCUT2D eigenvalue weighted by Crippen LogP contribution is -2.28. The van der Waals surface area contributed by atoms with Crippen molar-refractivity contribution in [1.82, 2.24) is 10.2 Å². The minimum absolute atomic E-state index is 0.285. The number of amides is 1. The number of halogens is 1. The maximum Gasteiger partial charge on any atom is 0.222 e. The van der Waals surface area contributed by atoms with Crippen LogP contribution in [0.25, 0.3) is 0 Å². The van der Waals surface area contributed by atoms with Crippen molar-refractivity contribution in [3.8, 4) is 11.5 Å². The van der Waals surface area contributed by atoms with Gasteiger partial charge in [-0.2, -0.15) is 0 Å². The van der Waals surface area contributed by atoms with Gasteiger partial charge >= 0.3 is 0 Å². The van der Waals surface area contributed by atoms with E-state index in [1.807, 2.05) is 48.2 Å². The molecule has 156 valence electrons. The molecular formula is C23H29ClN2O3. The number of hydrogen-bond donors (Lipinski definition) is 1. The van der Waals surface area contributed by atoms with Gasteiger partial charge in [0.25, 0.3) is 0 Å². The van der Waals surface area contributed by atoms with Gasteiger partial charge in [-0.3, -0.25) is 4.79 Å². The van der Waals surface area contributed by atoms with E-state index < -0.39 is 0 Å². The van der Waals surface area contributed by atoms with Crippen LogP contribution in [0.2, 0.25) is 5.02 Å². The van der Waals surface area contributed by atoms with Crippen LogP contribution in [0.1, 0.15) is 37.3 Å². The Morgan fingerprint density at radius 1 is 1.14 bits per heavy atom. The molecule has 0 aliphatic carbocycles. The van der Waals surface area contributed by atoms with Gasteiger partial charge in [-0.05, 0) is 50.1 Å². The Hall–Kier alpha value is -2.24. The highest BCUT2D eigenvalue weighted by Gasteiger charge is 2.19. The van der Waals surface area contributed by atoms with Crippen molar-refractivity contribution in [2.75, 3.05) is 26.2 Å². The van der Waals surface area contributed by atoms with E-state index in [-0.39, 0.29) is 5.91 Å². The first-order valence-corrected chi connectivity index (χ1v) is 10.7. The second-order valence-corrected chi connectivity index (χ2v) is 7.54. The van der Waals surface area contributed by atoms with E-state index >= 15 is 0 Å². The Morgan fingerprint density at radius 2 is 1.97 bits per heavy atom. The summed E-state index contributed by atoms with van der Waals surface area (Å²) in [5, 5.41) is 4.18. The van der Waals surface area contributed by atoms with Gasteiger partial charge in [0, 0.05) is 36.6 Å². The first-order valence-electron chi connectivity index (χ1n) is 10.3. The fourth-order valence-corrected chi connectivity index (χ4v) is 3.55. The van der Waals surface area contributed by atoms with Crippen LogP contribution in [0.4, 0.5) is 0 Å². The van der Waals surface area contributed by atoms with Gasteiger partial charge in [0.1, 0.15) is 6.61 Å². The van der Waals surface area contributed by atoms with Gasteiger partial charge in [0.05, 0.1) is 6.61 Å². The number of nitrogens with one attached hydrogen (secondary N) is 1. The average molecular weight is 417 g/mol. The molecule has 0 saturated carbocycles. The predicted molar refractivity (Wildman–Crippen MR) is 116 cm³/mol. The molecule has 2 aromatic carbocycles. The SMILES string of the molecule is CCOc1cccc(CNCCCN2CCCC2=O)c1OCc1ccc(Cl)cc1. The number of benzene rings is 2. The number of likely N-dealkylation sites (tertiary alicyclic amines) is 1. The molecule has 1 aliphatic heterocycles. The van der Waals surface area contributed by atoms with Crippen molar-refractivity contribution < 1.29 is 14.3 Å². The summed E-state index contributed by atoms with van der Waals surface area (Å²) in [6.07, 6.45) is 2.63. The maximum absolute atomic E-state index is 11.7. The van der Waals surface area contributed by atoms with Crippen LogP contribution in [-0.4, -0.2) is 37.0 Å². The monoisotopic (exact) mass is 416 g/mol. The number of carbonyl (C=O) groups excluding carboxylic acids is 1. The molecule has 5 nitrogen and oxygen atoms in total. The zero-order chi connectivity index (χ0) is 20.5. The predicted octanol–water partition coefficient (Wildman–Crippen LogP) is 4.42. The van der Waals surface area contributed by atoms with Crippen molar-refractivity contribution in [3.05, 3.63) is 58.6 Å². The minimum atomic E-state index is 0.285. The first kappa shape index (κ1) is 21.5. The van der Waals surface area contributed by atoms with E-state index in [9.17, 15) is 4.79 Å². The molecule has 0 unspecified atom stereocenters. The second-order valence-electron chi connectivity index (χ2n) is 7.11. The minimum Gasteiger partial charge on any atom is -0.490 e. The Kier molecular flexibility index (Phi) is 8.20. The van der Waals surface area contributed by atoms with Gasteiger partial charge in [0.15, 0.2) is 11.5 Å². The number of carbonyl (C=O) groups is 1. The topological polar surface area (TPSA) is 50.8 Å². The van der Waals surface area contributed by atoms with Crippen LogP contribution in [0, 0.1) is 0 Å². The summed E-state index contributed by atoms with van der Waals surface area (Å²) in [6.45, 7) is 6.25. The maximum atomic E-state index is 11.7. The lowest BCUT2D eigenvalue weighted by molar-refractivity contribution is -0.127. The molecule has 0 bridgehead atoms. The van der Waals surface area contributed by atoms with Crippen LogP contribution in [0.15, 0.2) is 42.5 Å². The van der Waals surface area contributed by atoms with Gasteiger partial charge in [-0.15, -0.1) is 0 Å². The van der Waals surface area contributed by atoms with E-state index in [0.29, 0.717) is 31.2 Å². The summed E-state index contributed by atoms with van der Waals surface area (Å²) in [5.41, 5.74) is 2.11. The quantitative estimate of drug-likeness (QED) is 0.551. The average Bonchev–Trinajstić information content (AvgIpc) is 3.13. The highest BCUT2D eigenvalue weighted by Crippen LogP contribution is 2.32. The second kappa shape index (κ2) is 11.1. The molecule has 3 rings (SSSR count). The number of nitrogens with zero attached hydrogens (tertiary/aromatic N) is 1. The first-order chi connectivity index (χ1) is 14.2. The summed E-state index contributed by atoms with van der Waals surface area (Å²) >= 11 is 5.96. The fraction of sp³-hybridized carbons (Fsp3) is 0.435. The Balaban J connectivity index is 1.55. The van der Waals surface area contributed by atoms with E-state index in [1.54, 1.807) is 0 Å². The van der Waals surface area contributed by atoms with E-state index in [4.69, 9.17) is 21.1 Å². The van der Waals surface area contributed by atoms with Gasteiger partial charge in [-0.1, -0.05) is 35.9 Å². The van der Waals surface area contributed by atoms with Crippen LogP contribution < -0.4 is 14.8 Å². The molecule has 1 heterocycles. The molecule has 0 aromatic heterocycles. The summed E-state index contributed by atoms with van der Waals surface area (Å²) in [6, 6.07) is 13.6. The Morgan fingerprint density at radius 3 is 2.69 bits per heavy atom. The molecule has 1 fully saturated rings. The third kappa shape index (κ3) is 6.38. The smallest absolute Gasteiger partial charge is 0.222 e. The lowest BCUT2D eigenvalue weighted by Gasteiger charge is -2.17. The Labute approximate surface area is 177 Å². The summed E-state index contributed by atoms with van der Waals surface area (Å²) in [5.74, 6) is 1.81. The third-order valence-corrected chi connectivity index (χ3v) is 5.18. The van der Waals surface area contributed by atoms with Gasteiger partial charge in [0.2, 0.25) is 5.91 Å². The fourth-order valence-electron chi connectivity index (χ4n) is 3.43. The number of hydrogen-bond acceptors (Lipinski definition) is 4. The molecule has 1 saturated heterocycles. The largest absolute Gasteiger partial charge is 0.490 e. The molecule has 0 spiro atoms.